The van der Waals surface area contributed by atoms with Crippen molar-refractivity contribution in [3.63, 3.8) is 0 Å². The first-order valence-electron chi connectivity index (χ1n) is 12.1. The molecule has 0 saturated heterocycles. The van der Waals surface area contributed by atoms with E-state index in [1.807, 2.05) is 23.7 Å². The van der Waals surface area contributed by atoms with Crippen molar-refractivity contribution in [3.8, 4) is 16.8 Å². The van der Waals surface area contributed by atoms with Crippen molar-refractivity contribution in [1.82, 2.24) is 9.55 Å². The van der Waals surface area contributed by atoms with E-state index in [-0.39, 0.29) is 5.41 Å². The van der Waals surface area contributed by atoms with Gasteiger partial charge in [0.25, 0.3) is 0 Å². The van der Waals surface area contributed by atoms with Crippen LogP contribution in [0.1, 0.15) is 25.0 Å². The first-order chi connectivity index (χ1) is 17.2. The lowest BCUT2D eigenvalue weighted by molar-refractivity contribution is 0.664. The Morgan fingerprint density at radius 1 is 0.743 bits per heavy atom. The second-order valence-electron chi connectivity index (χ2n) is 10.0. The fourth-order valence-electron chi connectivity index (χ4n) is 6.44. The van der Waals surface area contributed by atoms with Crippen molar-refractivity contribution in [2.75, 3.05) is 0 Å². The molecule has 0 fully saturated rings. The Morgan fingerprint density at radius 2 is 1.46 bits per heavy atom. The van der Waals surface area contributed by atoms with Gasteiger partial charge in [0.05, 0.1) is 11.0 Å². The molecule has 0 aliphatic heterocycles. The molecule has 4 aromatic carbocycles. The quantitative estimate of drug-likeness (QED) is 0.236. The van der Waals surface area contributed by atoms with Crippen LogP contribution in [0.25, 0.3) is 58.8 Å². The molecule has 7 aromatic rings. The summed E-state index contributed by atoms with van der Waals surface area (Å²) in [6.45, 7) is 4.79. The van der Waals surface area contributed by atoms with Crippen LogP contribution in [0, 0.1) is 0 Å². The molecule has 0 unspecified atom stereocenters. The van der Waals surface area contributed by atoms with Crippen LogP contribution in [0.2, 0.25) is 0 Å². The number of hydrogen-bond donors (Lipinski definition) is 0. The van der Waals surface area contributed by atoms with Crippen LogP contribution in [0.3, 0.4) is 0 Å². The predicted octanol–water partition coefficient (Wildman–Crippen LogP) is 8.85. The third-order valence-corrected chi connectivity index (χ3v) is 9.04. The van der Waals surface area contributed by atoms with E-state index in [9.17, 15) is 0 Å². The Bertz CT molecular complexity index is 1970. The van der Waals surface area contributed by atoms with E-state index >= 15 is 0 Å². The van der Waals surface area contributed by atoms with Gasteiger partial charge >= 0.3 is 0 Å². The van der Waals surface area contributed by atoms with Gasteiger partial charge in [0, 0.05) is 54.4 Å². The maximum atomic E-state index is 4.32. The standard InChI is InChI=1S/C32H22N2S/c1-32(2)23-12-6-3-9-20(23)26-27-22-11-5-8-14-25(22)35-31(27)28-21-10-4-7-13-24(21)34(30(28)29(26)32)19-15-17-33-18-16-19/h3-18H,1-2H3. The molecule has 3 aromatic heterocycles. The summed E-state index contributed by atoms with van der Waals surface area (Å²) in [5.41, 5.74) is 9.21. The Morgan fingerprint density at radius 3 is 2.31 bits per heavy atom. The van der Waals surface area contributed by atoms with E-state index in [0.717, 1.165) is 5.69 Å². The summed E-state index contributed by atoms with van der Waals surface area (Å²) in [6, 6.07) is 31.1. The van der Waals surface area contributed by atoms with Crippen LogP contribution in [-0.4, -0.2) is 9.55 Å². The van der Waals surface area contributed by atoms with Gasteiger partial charge in [-0.15, -0.1) is 11.3 Å². The summed E-state index contributed by atoms with van der Waals surface area (Å²) < 4.78 is 5.21. The van der Waals surface area contributed by atoms with Gasteiger partial charge in [0.15, 0.2) is 0 Å². The summed E-state index contributed by atoms with van der Waals surface area (Å²) in [4.78, 5) is 4.32. The molecule has 166 valence electrons. The first kappa shape index (κ1) is 19.4. The third-order valence-electron chi connectivity index (χ3n) is 7.85. The molecule has 1 aliphatic carbocycles. The molecule has 8 rings (SSSR count). The van der Waals surface area contributed by atoms with Gasteiger partial charge < -0.3 is 4.57 Å². The summed E-state index contributed by atoms with van der Waals surface area (Å²) in [6.07, 6.45) is 3.79. The Hall–Kier alpha value is -3.95. The minimum absolute atomic E-state index is 0.124. The maximum Gasteiger partial charge on any atom is 0.0602 e. The van der Waals surface area contributed by atoms with E-state index in [4.69, 9.17) is 0 Å². The summed E-state index contributed by atoms with van der Waals surface area (Å²) >= 11 is 1.93. The van der Waals surface area contributed by atoms with E-state index in [2.05, 4.69) is 108 Å². The fourth-order valence-corrected chi connectivity index (χ4v) is 7.71. The normalized spacial score (nSPS) is 14.2. The summed E-state index contributed by atoms with van der Waals surface area (Å²) in [5, 5.41) is 5.45. The van der Waals surface area contributed by atoms with E-state index in [1.165, 1.54) is 64.2 Å². The van der Waals surface area contributed by atoms with Crippen molar-refractivity contribution in [2.24, 2.45) is 0 Å². The molecule has 3 heteroatoms. The molecule has 0 radical (unpaired) electrons. The van der Waals surface area contributed by atoms with Crippen LogP contribution >= 0.6 is 11.3 Å². The Balaban J connectivity index is 1.76. The van der Waals surface area contributed by atoms with Gasteiger partial charge in [-0.2, -0.15) is 0 Å². The number of thiophene rings is 1. The summed E-state index contributed by atoms with van der Waals surface area (Å²) in [5.74, 6) is 0. The van der Waals surface area contributed by atoms with Crippen LogP contribution in [-0.2, 0) is 5.41 Å². The summed E-state index contributed by atoms with van der Waals surface area (Å²) in [7, 11) is 0. The van der Waals surface area contributed by atoms with Gasteiger partial charge in [-0.25, -0.2) is 0 Å². The van der Waals surface area contributed by atoms with E-state index in [0.29, 0.717) is 0 Å². The number of rotatable bonds is 1. The molecule has 2 nitrogen and oxygen atoms in total. The van der Waals surface area contributed by atoms with E-state index in [1.54, 1.807) is 0 Å². The highest BCUT2D eigenvalue weighted by Gasteiger charge is 2.40. The van der Waals surface area contributed by atoms with Crippen molar-refractivity contribution in [2.45, 2.75) is 19.3 Å². The van der Waals surface area contributed by atoms with Crippen LogP contribution in [0.5, 0.6) is 0 Å². The molecule has 3 heterocycles. The number of pyridine rings is 1. The minimum Gasteiger partial charge on any atom is -0.309 e. The molecular formula is C32H22N2S. The zero-order valence-electron chi connectivity index (χ0n) is 19.5. The Kier molecular flexibility index (Phi) is 3.64. The molecule has 0 spiro atoms. The topological polar surface area (TPSA) is 17.8 Å². The molecule has 0 bridgehead atoms. The van der Waals surface area contributed by atoms with E-state index < -0.39 is 0 Å². The largest absolute Gasteiger partial charge is 0.309 e. The lowest BCUT2D eigenvalue weighted by atomic mass is 9.81. The van der Waals surface area contributed by atoms with Gasteiger partial charge in [-0.1, -0.05) is 74.5 Å². The van der Waals surface area contributed by atoms with Crippen LogP contribution in [0.15, 0.2) is 97.3 Å². The SMILES string of the molecule is CC1(C)c2ccccc2-c2c1c1c(c3ccccc3n1-c1ccncc1)c1sc3ccccc3c21. The van der Waals surface area contributed by atoms with Crippen molar-refractivity contribution < 1.29 is 0 Å². The third kappa shape index (κ3) is 2.32. The number of hydrogen-bond acceptors (Lipinski definition) is 2. The maximum absolute atomic E-state index is 4.32. The smallest absolute Gasteiger partial charge is 0.0602 e. The zero-order valence-corrected chi connectivity index (χ0v) is 20.4. The number of fused-ring (bicyclic) bond motifs is 12. The Labute approximate surface area is 207 Å². The predicted molar refractivity (Wildman–Crippen MR) is 149 cm³/mol. The lowest BCUT2D eigenvalue weighted by Gasteiger charge is -2.24. The molecule has 1 aliphatic rings. The average molecular weight is 467 g/mol. The number of nitrogens with zero attached hydrogens (tertiary/aromatic N) is 2. The molecule has 35 heavy (non-hydrogen) atoms. The van der Waals surface area contributed by atoms with Crippen molar-refractivity contribution >= 4 is 53.3 Å². The van der Waals surface area contributed by atoms with Gasteiger partial charge in [-0.3, -0.25) is 4.98 Å². The number of para-hydroxylation sites is 1. The molecule has 0 atom stereocenters. The van der Waals surface area contributed by atoms with Gasteiger partial charge in [0.2, 0.25) is 0 Å². The highest BCUT2D eigenvalue weighted by atomic mass is 32.1. The van der Waals surface area contributed by atoms with Crippen LogP contribution in [0.4, 0.5) is 0 Å². The molecule has 0 N–H and O–H groups in total. The highest BCUT2D eigenvalue weighted by Crippen LogP contribution is 2.58. The molecule has 0 saturated carbocycles. The molecule has 0 amide bonds. The second-order valence-corrected chi connectivity index (χ2v) is 11.1. The minimum atomic E-state index is -0.124. The highest BCUT2D eigenvalue weighted by molar-refractivity contribution is 7.27. The first-order valence-corrected chi connectivity index (χ1v) is 12.9. The number of aromatic nitrogens is 2. The fraction of sp³-hybridized carbons (Fsp3) is 0.0938. The lowest BCUT2D eigenvalue weighted by Crippen LogP contribution is -2.16. The zero-order chi connectivity index (χ0) is 23.3. The average Bonchev–Trinajstić information content (AvgIpc) is 3.51. The van der Waals surface area contributed by atoms with Crippen molar-refractivity contribution in [1.29, 1.82) is 0 Å². The number of benzene rings is 4. The monoisotopic (exact) mass is 466 g/mol. The van der Waals surface area contributed by atoms with Crippen LogP contribution < -0.4 is 0 Å². The van der Waals surface area contributed by atoms with Gasteiger partial charge in [0.1, 0.15) is 0 Å². The van der Waals surface area contributed by atoms with Gasteiger partial charge in [-0.05, 0) is 46.5 Å². The second kappa shape index (κ2) is 6.59. The van der Waals surface area contributed by atoms with Crippen molar-refractivity contribution in [3.05, 3.63) is 108 Å². The molecular weight excluding hydrogens is 444 g/mol.